The molecule has 2 aromatic carbocycles. The maximum absolute atomic E-state index is 13.5. The molecule has 0 aromatic heterocycles. The van der Waals surface area contributed by atoms with Gasteiger partial charge in [0.2, 0.25) is 11.8 Å². The molecule has 216 valence electrons. The highest BCUT2D eigenvalue weighted by atomic mass is 32.2. The number of thioether (sulfide) groups is 1. The molecule has 40 heavy (non-hydrogen) atoms. The van der Waals surface area contributed by atoms with Gasteiger partial charge in [-0.2, -0.15) is 13.2 Å². The Kier molecular flexibility index (Phi) is 10.0. The predicted molar refractivity (Wildman–Crippen MR) is 141 cm³/mol. The first kappa shape index (κ1) is 31.2. The molecule has 2 heterocycles. The lowest BCUT2D eigenvalue weighted by atomic mass is 9.76. The first-order valence-corrected chi connectivity index (χ1v) is 13.7. The molecular formula is C28H31F3N2O6S. The van der Waals surface area contributed by atoms with Crippen molar-refractivity contribution < 1.29 is 42.2 Å². The van der Waals surface area contributed by atoms with Crippen molar-refractivity contribution in [3.05, 3.63) is 65.7 Å². The summed E-state index contributed by atoms with van der Waals surface area (Å²) in [6.07, 6.45) is -3.73. The molecule has 2 N–H and O–H groups in total. The number of carbonyl (C=O) groups is 4. The number of imide groups is 1. The van der Waals surface area contributed by atoms with Crippen LogP contribution < -0.4 is 5.32 Å². The van der Waals surface area contributed by atoms with Crippen LogP contribution in [0, 0.1) is 11.8 Å². The molecule has 8 nitrogen and oxygen atoms in total. The monoisotopic (exact) mass is 580 g/mol. The maximum atomic E-state index is 13.5. The van der Waals surface area contributed by atoms with Gasteiger partial charge in [-0.05, 0) is 42.4 Å². The molecule has 2 aliphatic heterocycles. The number of aliphatic carboxylic acids is 1. The fourth-order valence-corrected chi connectivity index (χ4v) is 5.94. The Morgan fingerprint density at radius 1 is 1.05 bits per heavy atom. The number of rotatable bonds is 8. The van der Waals surface area contributed by atoms with Gasteiger partial charge >= 0.3 is 18.1 Å². The SMILES string of the molecule is CCCSc1ccc([C@H]2N[C@@](Cc3ccccc3)(C(=O)OC)[C@H]3C(=O)N(CC)C(=O)[C@@H]23)cc1.O=C(O)C(F)(F)F. The Morgan fingerprint density at radius 3 is 2.15 bits per heavy atom. The molecule has 2 aliphatic rings. The Bertz CT molecular complexity index is 1220. The number of likely N-dealkylation sites (tertiary alicyclic amines) is 1. The number of benzene rings is 2. The summed E-state index contributed by atoms with van der Waals surface area (Å²) < 4.78 is 37.0. The van der Waals surface area contributed by atoms with Crippen molar-refractivity contribution in [2.75, 3.05) is 19.4 Å². The molecule has 4 atom stereocenters. The molecule has 0 bridgehead atoms. The third-order valence-corrected chi connectivity index (χ3v) is 8.11. The molecule has 0 saturated carbocycles. The van der Waals surface area contributed by atoms with E-state index in [1.165, 1.54) is 12.0 Å². The van der Waals surface area contributed by atoms with E-state index in [4.69, 9.17) is 14.6 Å². The van der Waals surface area contributed by atoms with Crippen LogP contribution in [0.1, 0.15) is 37.4 Å². The summed E-state index contributed by atoms with van der Waals surface area (Å²) >= 11 is 1.78. The van der Waals surface area contributed by atoms with E-state index >= 15 is 0 Å². The fourth-order valence-electron chi connectivity index (χ4n) is 5.17. The lowest BCUT2D eigenvalue weighted by Gasteiger charge is -2.32. The third-order valence-electron chi connectivity index (χ3n) is 6.89. The fraction of sp³-hybridized carbons (Fsp3) is 0.429. The van der Waals surface area contributed by atoms with Gasteiger partial charge in [0.15, 0.2) is 0 Å². The summed E-state index contributed by atoms with van der Waals surface area (Å²) in [5, 5.41) is 10.6. The highest BCUT2D eigenvalue weighted by Gasteiger charge is 2.68. The lowest BCUT2D eigenvalue weighted by molar-refractivity contribution is -0.192. The standard InChI is InChI=1S/C26H30N2O4S.C2HF3O2/c1-4-15-33-19-13-11-18(12-14-19)22-20-21(24(30)28(5-2)23(20)29)26(27-22,25(31)32-3)16-17-9-7-6-8-10-17;3-2(4,5)1(6)7/h6-14,20-22,27H,4-5,15-16H2,1-3H3;(H,6,7)/t20-,21-,22-,26-;/m1./s1. The molecule has 12 heteroatoms. The molecular weight excluding hydrogens is 549 g/mol. The van der Waals surface area contributed by atoms with Crippen LogP contribution >= 0.6 is 11.8 Å². The number of hydrogen-bond donors (Lipinski definition) is 2. The van der Waals surface area contributed by atoms with Crippen molar-refractivity contribution in [3.63, 3.8) is 0 Å². The lowest BCUT2D eigenvalue weighted by Crippen LogP contribution is -2.57. The number of amides is 2. The second kappa shape index (κ2) is 12.9. The number of carboxylic acid groups (broad SMARTS) is 1. The minimum Gasteiger partial charge on any atom is -0.475 e. The van der Waals surface area contributed by atoms with Gasteiger partial charge in [0, 0.05) is 23.9 Å². The number of carbonyl (C=O) groups excluding carboxylic acids is 3. The normalized spacial score (nSPS) is 23.9. The van der Waals surface area contributed by atoms with Crippen LogP contribution in [0.2, 0.25) is 0 Å². The van der Waals surface area contributed by atoms with Crippen LogP contribution in [0.5, 0.6) is 0 Å². The quantitative estimate of drug-likeness (QED) is 0.271. The molecule has 0 unspecified atom stereocenters. The van der Waals surface area contributed by atoms with E-state index in [9.17, 15) is 27.6 Å². The zero-order chi connectivity index (χ0) is 29.7. The maximum Gasteiger partial charge on any atom is 0.490 e. The summed E-state index contributed by atoms with van der Waals surface area (Å²) in [5.41, 5.74) is 0.470. The van der Waals surface area contributed by atoms with Gasteiger partial charge in [-0.3, -0.25) is 24.6 Å². The molecule has 0 spiro atoms. The van der Waals surface area contributed by atoms with Crippen LogP contribution in [0.3, 0.4) is 0 Å². The summed E-state index contributed by atoms with van der Waals surface area (Å²) in [6.45, 7) is 4.22. The van der Waals surface area contributed by atoms with E-state index in [0.717, 1.165) is 28.2 Å². The van der Waals surface area contributed by atoms with Gasteiger partial charge in [0.25, 0.3) is 0 Å². The molecule has 2 saturated heterocycles. The Morgan fingerprint density at radius 2 is 1.65 bits per heavy atom. The Balaban J connectivity index is 0.000000559. The summed E-state index contributed by atoms with van der Waals surface area (Å²) in [5.74, 6) is -4.25. The van der Waals surface area contributed by atoms with E-state index in [0.29, 0.717) is 0 Å². The van der Waals surface area contributed by atoms with Crippen LogP contribution in [0.15, 0.2) is 59.5 Å². The molecule has 2 aromatic rings. The van der Waals surface area contributed by atoms with Crippen LogP contribution in [0.4, 0.5) is 13.2 Å². The van der Waals surface area contributed by atoms with E-state index in [-0.39, 0.29) is 24.8 Å². The largest absolute Gasteiger partial charge is 0.490 e. The number of esters is 1. The number of ether oxygens (including phenoxy) is 1. The number of methoxy groups -OCH3 is 1. The number of fused-ring (bicyclic) bond motifs is 1. The predicted octanol–water partition coefficient (Wildman–Crippen LogP) is 4.24. The van der Waals surface area contributed by atoms with Gasteiger partial charge < -0.3 is 9.84 Å². The number of halogens is 3. The van der Waals surface area contributed by atoms with Crippen molar-refractivity contribution in [2.45, 2.75) is 49.3 Å². The second-order valence-electron chi connectivity index (χ2n) is 9.39. The van der Waals surface area contributed by atoms with Crippen LogP contribution in [0.25, 0.3) is 0 Å². The van der Waals surface area contributed by atoms with E-state index in [2.05, 4.69) is 12.2 Å². The minimum atomic E-state index is -5.08. The van der Waals surface area contributed by atoms with Crippen molar-refractivity contribution in [3.8, 4) is 0 Å². The molecule has 4 rings (SSSR count). The highest BCUT2D eigenvalue weighted by molar-refractivity contribution is 7.99. The van der Waals surface area contributed by atoms with E-state index in [1.54, 1.807) is 18.7 Å². The molecule has 0 radical (unpaired) electrons. The molecule has 2 amide bonds. The first-order chi connectivity index (χ1) is 18.9. The highest BCUT2D eigenvalue weighted by Crippen LogP contribution is 2.50. The third kappa shape index (κ3) is 6.33. The number of carboxylic acids is 1. The van der Waals surface area contributed by atoms with E-state index < -0.39 is 41.5 Å². The van der Waals surface area contributed by atoms with Gasteiger partial charge in [-0.1, -0.05) is 49.4 Å². The molecule has 0 aliphatic carbocycles. The topological polar surface area (TPSA) is 113 Å². The number of alkyl halides is 3. The number of nitrogens with zero attached hydrogens (tertiary/aromatic N) is 1. The van der Waals surface area contributed by atoms with Crippen molar-refractivity contribution in [1.82, 2.24) is 10.2 Å². The summed E-state index contributed by atoms with van der Waals surface area (Å²) in [4.78, 5) is 51.5. The van der Waals surface area contributed by atoms with Crippen molar-refractivity contribution in [2.24, 2.45) is 11.8 Å². The zero-order valence-electron chi connectivity index (χ0n) is 22.2. The van der Waals surface area contributed by atoms with Gasteiger partial charge in [-0.15, -0.1) is 11.8 Å². The first-order valence-electron chi connectivity index (χ1n) is 12.7. The Labute approximate surface area is 234 Å². The van der Waals surface area contributed by atoms with Crippen LogP contribution in [-0.2, 0) is 30.3 Å². The summed E-state index contributed by atoms with van der Waals surface area (Å²) in [7, 11) is 1.33. The van der Waals surface area contributed by atoms with Gasteiger partial charge in [-0.25, -0.2) is 4.79 Å². The number of nitrogens with one attached hydrogen (secondary N) is 1. The smallest absolute Gasteiger partial charge is 0.475 e. The van der Waals surface area contributed by atoms with Gasteiger partial charge in [0.05, 0.1) is 18.9 Å². The average molecular weight is 581 g/mol. The van der Waals surface area contributed by atoms with Gasteiger partial charge in [0.1, 0.15) is 5.54 Å². The summed E-state index contributed by atoms with van der Waals surface area (Å²) in [6, 6.07) is 17.2. The Hall–Kier alpha value is -3.38. The average Bonchev–Trinajstić information content (AvgIpc) is 3.40. The minimum absolute atomic E-state index is 0.228. The number of hydrogen-bond acceptors (Lipinski definition) is 7. The van der Waals surface area contributed by atoms with Crippen molar-refractivity contribution >= 4 is 35.5 Å². The van der Waals surface area contributed by atoms with E-state index in [1.807, 2.05) is 54.6 Å². The molecule has 2 fully saturated rings. The zero-order valence-corrected chi connectivity index (χ0v) is 23.1. The van der Waals surface area contributed by atoms with Crippen molar-refractivity contribution in [1.29, 1.82) is 0 Å². The second-order valence-corrected chi connectivity index (χ2v) is 10.6. The van der Waals surface area contributed by atoms with Crippen LogP contribution in [-0.4, -0.2) is 64.9 Å².